The Labute approximate surface area is 120 Å². The summed E-state index contributed by atoms with van der Waals surface area (Å²) in [6.07, 6.45) is 5.07. The van der Waals surface area contributed by atoms with Crippen LogP contribution in [-0.4, -0.2) is 42.4 Å². The molecule has 1 heterocycles. The van der Waals surface area contributed by atoms with Crippen molar-refractivity contribution in [2.75, 3.05) is 13.6 Å². The van der Waals surface area contributed by atoms with Crippen LogP contribution in [0.25, 0.3) is 0 Å². The number of nitrogens with zero attached hydrogens (tertiary/aromatic N) is 1. The summed E-state index contributed by atoms with van der Waals surface area (Å²) in [6.45, 7) is 0.626. The number of carbonyl (C=O) groups excluding carboxylic acids is 2. The molecule has 2 rings (SSSR count). The van der Waals surface area contributed by atoms with E-state index in [1.165, 1.54) is 0 Å². The highest BCUT2D eigenvalue weighted by Crippen LogP contribution is 2.26. The summed E-state index contributed by atoms with van der Waals surface area (Å²) in [6, 6.07) is 0.296. The molecule has 0 bridgehead atoms. The maximum atomic E-state index is 11.9. The third kappa shape index (κ3) is 4.35. The van der Waals surface area contributed by atoms with Crippen molar-refractivity contribution in [3.63, 3.8) is 0 Å². The smallest absolute Gasteiger partial charge is 0.222 e. The van der Waals surface area contributed by atoms with E-state index in [9.17, 15) is 9.59 Å². The summed E-state index contributed by atoms with van der Waals surface area (Å²) in [5.41, 5.74) is 5.97. The third-order valence-electron chi connectivity index (χ3n) is 4.16. The van der Waals surface area contributed by atoms with Gasteiger partial charge in [0.2, 0.25) is 11.8 Å². The zero-order valence-corrected chi connectivity index (χ0v) is 12.2. The van der Waals surface area contributed by atoms with Crippen LogP contribution in [0.5, 0.6) is 0 Å². The van der Waals surface area contributed by atoms with Gasteiger partial charge in [0.05, 0.1) is 0 Å². The molecule has 2 fully saturated rings. The molecule has 0 aromatic rings. The Morgan fingerprint density at radius 3 is 2.74 bits per heavy atom. The second-order valence-corrected chi connectivity index (χ2v) is 5.64. The van der Waals surface area contributed by atoms with Crippen LogP contribution in [0.4, 0.5) is 0 Å². The van der Waals surface area contributed by atoms with Crippen molar-refractivity contribution in [2.24, 2.45) is 11.7 Å². The van der Waals surface area contributed by atoms with Crippen LogP contribution in [0, 0.1) is 5.92 Å². The molecule has 1 aliphatic carbocycles. The van der Waals surface area contributed by atoms with Gasteiger partial charge in [-0.1, -0.05) is 6.42 Å². The standard InChI is InChI=1S/C13H23N3O2.ClH/c1-16-8-10(5-6-13(16)18)15-12(17)7-9-3-2-4-11(9)14;/h9-11H,2-8,14H2,1H3,(H,15,17);1H/t9-,10?,11+;/m0./s1. The topological polar surface area (TPSA) is 75.4 Å². The van der Waals surface area contributed by atoms with Gasteiger partial charge in [-0.05, 0) is 25.2 Å². The average molecular weight is 290 g/mol. The SMILES string of the molecule is CN1CC(NC(=O)C[C@@H]2CCC[C@H]2N)CCC1=O.Cl. The number of hydrogen-bond acceptors (Lipinski definition) is 3. The van der Waals surface area contributed by atoms with Crippen LogP contribution < -0.4 is 11.1 Å². The Bertz CT molecular complexity index is 338. The molecule has 1 unspecified atom stereocenters. The number of nitrogens with one attached hydrogen (secondary N) is 1. The maximum absolute atomic E-state index is 11.9. The monoisotopic (exact) mass is 289 g/mol. The molecule has 3 N–H and O–H groups in total. The number of piperidine rings is 1. The van der Waals surface area contributed by atoms with Crippen LogP contribution in [0.3, 0.4) is 0 Å². The van der Waals surface area contributed by atoms with E-state index in [-0.39, 0.29) is 36.3 Å². The van der Waals surface area contributed by atoms with Crippen molar-refractivity contribution in [1.82, 2.24) is 10.2 Å². The summed E-state index contributed by atoms with van der Waals surface area (Å²) in [4.78, 5) is 25.0. The lowest BCUT2D eigenvalue weighted by Gasteiger charge is -2.30. The first-order valence-corrected chi connectivity index (χ1v) is 6.85. The lowest BCUT2D eigenvalue weighted by Crippen LogP contribution is -2.49. The Morgan fingerprint density at radius 2 is 2.16 bits per heavy atom. The Morgan fingerprint density at radius 1 is 1.42 bits per heavy atom. The predicted molar refractivity (Wildman–Crippen MR) is 76.0 cm³/mol. The van der Waals surface area contributed by atoms with E-state index >= 15 is 0 Å². The van der Waals surface area contributed by atoms with E-state index in [0.29, 0.717) is 25.3 Å². The molecule has 19 heavy (non-hydrogen) atoms. The number of rotatable bonds is 3. The molecule has 2 amide bonds. The van der Waals surface area contributed by atoms with Crippen molar-refractivity contribution in [3.05, 3.63) is 0 Å². The van der Waals surface area contributed by atoms with Gasteiger partial charge in [0, 0.05) is 38.5 Å². The molecule has 1 saturated heterocycles. The van der Waals surface area contributed by atoms with Crippen LogP contribution in [0.15, 0.2) is 0 Å². The third-order valence-corrected chi connectivity index (χ3v) is 4.16. The molecule has 6 heteroatoms. The molecule has 0 radical (unpaired) electrons. The maximum Gasteiger partial charge on any atom is 0.222 e. The summed E-state index contributed by atoms with van der Waals surface area (Å²) < 4.78 is 0. The lowest BCUT2D eigenvalue weighted by molar-refractivity contribution is -0.134. The Balaban J connectivity index is 0.00000180. The minimum Gasteiger partial charge on any atom is -0.352 e. The van der Waals surface area contributed by atoms with Gasteiger partial charge in [-0.2, -0.15) is 0 Å². The minimum absolute atomic E-state index is 0. The van der Waals surface area contributed by atoms with Gasteiger partial charge in [0.15, 0.2) is 0 Å². The van der Waals surface area contributed by atoms with Crippen molar-refractivity contribution >= 4 is 24.2 Å². The molecule has 1 saturated carbocycles. The number of carbonyl (C=O) groups is 2. The first-order chi connectivity index (χ1) is 8.56. The summed E-state index contributed by atoms with van der Waals surface area (Å²) in [7, 11) is 1.79. The predicted octanol–water partition coefficient (Wildman–Crippen LogP) is 0.663. The second-order valence-electron chi connectivity index (χ2n) is 5.64. The highest BCUT2D eigenvalue weighted by Gasteiger charge is 2.28. The van der Waals surface area contributed by atoms with Crippen LogP contribution in [0.2, 0.25) is 0 Å². The van der Waals surface area contributed by atoms with Crippen LogP contribution in [0.1, 0.15) is 38.5 Å². The number of amides is 2. The van der Waals surface area contributed by atoms with E-state index in [1.54, 1.807) is 11.9 Å². The lowest BCUT2D eigenvalue weighted by atomic mass is 9.99. The zero-order valence-electron chi connectivity index (χ0n) is 11.4. The van der Waals surface area contributed by atoms with E-state index in [4.69, 9.17) is 5.73 Å². The van der Waals surface area contributed by atoms with Gasteiger partial charge in [-0.15, -0.1) is 12.4 Å². The molecule has 0 aromatic carbocycles. The highest BCUT2D eigenvalue weighted by molar-refractivity contribution is 5.85. The summed E-state index contributed by atoms with van der Waals surface area (Å²) in [5, 5.41) is 3.03. The molecule has 0 spiro atoms. The minimum atomic E-state index is 0. The van der Waals surface area contributed by atoms with Gasteiger partial charge in [-0.25, -0.2) is 0 Å². The van der Waals surface area contributed by atoms with E-state index in [1.807, 2.05) is 0 Å². The fourth-order valence-corrected chi connectivity index (χ4v) is 2.97. The normalized spacial score (nSPS) is 30.9. The number of halogens is 1. The first-order valence-electron chi connectivity index (χ1n) is 6.85. The number of likely N-dealkylation sites (tertiary alicyclic amines) is 1. The summed E-state index contributed by atoms with van der Waals surface area (Å²) in [5.74, 6) is 0.594. The van der Waals surface area contributed by atoms with Crippen molar-refractivity contribution < 1.29 is 9.59 Å². The van der Waals surface area contributed by atoms with Gasteiger partial charge < -0.3 is 16.0 Å². The second kappa shape index (κ2) is 7.10. The fourth-order valence-electron chi connectivity index (χ4n) is 2.97. The largest absolute Gasteiger partial charge is 0.352 e. The molecular formula is C13H24ClN3O2. The van der Waals surface area contributed by atoms with Crippen LogP contribution >= 0.6 is 12.4 Å². The fraction of sp³-hybridized carbons (Fsp3) is 0.846. The number of likely N-dealkylation sites (N-methyl/N-ethyl adjacent to an activating group) is 1. The quantitative estimate of drug-likeness (QED) is 0.801. The summed E-state index contributed by atoms with van der Waals surface area (Å²) >= 11 is 0. The molecule has 2 aliphatic rings. The molecule has 110 valence electrons. The zero-order chi connectivity index (χ0) is 13.1. The Hall–Kier alpha value is -0.810. The number of hydrogen-bond donors (Lipinski definition) is 2. The highest BCUT2D eigenvalue weighted by atomic mass is 35.5. The van der Waals surface area contributed by atoms with E-state index in [0.717, 1.165) is 25.7 Å². The Kier molecular flexibility index (Phi) is 6.07. The van der Waals surface area contributed by atoms with Crippen LogP contribution in [-0.2, 0) is 9.59 Å². The van der Waals surface area contributed by atoms with E-state index < -0.39 is 0 Å². The van der Waals surface area contributed by atoms with Crippen molar-refractivity contribution in [2.45, 2.75) is 50.6 Å². The molecule has 1 aliphatic heterocycles. The van der Waals surface area contributed by atoms with Gasteiger partial charge in [0.25, 0.3) is 0 Å². The molecular weight excluding hydrogens is 266 g/mol. The first kappa shape index (κ1) is 16.2. The van der Waals surface area contributed by atoms with Gasteiger partial charge in [0.1, 0.15) is 0 Å². The van der Waals surface area contributed by atoms with E-state index in [2.05, 4.69) is 5.32 Å². The van der Waals surface area contributed by atoms with Crippen molar-refractivity contribution in [1.29, 1.82) is 0 Å². The van der Waals surface area contributed by atoms with Gasteiger partial charge >= 0.3 is 0 Å². The average Bonchev–Trinajstić information content (AvgIpc) is 2.70. The van der Waals surface area contributed by atoms with Gasteiger partial charge in [-0.3, -0.25) is 9.59 Å². The molecule has 5 nitrogen and oxygen atoms in total. The molecule has 0 aromatic heterocycles. The molecule has 3 atom stereocenters. The number of nitrogens with two attached hydrogens (primary N) is 1. The van der Waals surface area contributed by atoms with Crippen molar-refractivity contribution in [3.8, 4) is 0 Å².